The highest BCUT2D eigenvalue weighted by molar-refractivity contribution is 6.16. The molecule has 0 atom stereocenters. The monoisotopic (exact) mass is 387 g/mol. The highest BCUT2D eigenvalue weighted by atomic mass is 15.4. The number of aryl methyl sites for hydroxylation is 1. The Bertz CT molecular complexity index is 1190. The highest BCUT2D eigenvalue weighted by Crippen LogP contribution is 2.27. The van der Waals surface area contributed by atoms with Crippen molar-refractivity contribution in [2.45, 2.75) is 6.92 Å². The fourth-order valence-corrected chi connectivity index (χ4v) is 3.35. The summed E-state index contributed by atoms with van der Waals surface area (Å²) in [6, 6.07) is 36.2. The molecule has 0 N–H and O–H groups in total. The second-order valence-electron chi connectivity index (χ2n) is 6.97. The van der Waals surface area contributed by atoms with Gasteiger partial charge in [-0.15, -0.1) is 0 Å². The van der Waals surface area contributed by atoms with Crippen LogP contribution in [0.1, 0.15) is 16.7 Å². The summed E-state index contributed by atoms with van der Waals surface area (Å²) >= 11 is 0. The number of nitriles is 1. The van der Waals surface area contributed by atoms with Gasteiger partial charge in [-0.05, 0) is 30.2 Å². The maximum absolute atomic E-state index is 9.85. The van der Waals surface area contributed by atoms with E-state index in [1.807, 2.05) is 91.9 Å². The Labute approximate surface area is 177 Å². The molecule has 4 aromatic carbocycles. The summed E-state index contributed by atoms with van der Waals surface area (Å²) in [6.45, 7) is 2.02. The molecule has 0 aliphatic carbocycles. The molecule has 0 saturated heterocycles. The SMILES string of the molecule is Cc1ccc(N(C#N)N=C(c2ccccc2)c2ccccc2-c2ccccc2)cc1. The molecule has 0 aliphatic heterocycles. The van der Waals surface area contributed by atoms with Crippen LogP contribution in [0, 0.1) is 18.4 Å². The van der Waals surface area contributed by atoms with Crippen LogP contribution in [0.2, 0.25) is 0 Å². The first-order valence-corrected chi connectivity index (χ1v) is 9.81. The van der Waals surface area contributed by atoms with Crippen LogP contribution in [0.3, 0.4) is 0 Å². The molecule has 0 unspecified atom stereocenters. The Morgan fingerprint density at radius 3 is 2.00 bits per heavy atom. The second-order valence-corrected chi connectivity index (χ2v) is 6.97. The molecule has 0 spiro atoms. The van der Waals surface area contributed by atoms with Crippen molar-refractivity contribution in [2.75, 3.05) is 5.01 Å². The molecule has 0 fully saturated rings. The fraction of sp³-hybridized carbons (Fsp3) is 0.0370. The third-order valence-electron chi connectivity index (χ3n) is 4.89. The molecule has 0 radical (unpaired) electrons. The summed E-state index contributed by atoms with van der Waals surface area (Å²) < 4.78 is 0. The smallest absolute Gasteiger partial charge is 0.170 e. The minimum Gasteiger partial charge on any atom is -0.170 e. The third kappa shape index (κ3) is 4.14. The van der Waals surface area contributed by atoms with Gasteiger partial charge in [0, 0.05) is 11.1 Å². The van der Waals surface area contributed by atoms with Crippen molar-refractivity contribution in [2.24, 2.45) is 5.10 Å². The number of hydrogen-bond donors (Lipinski definition) is 0. The molecule has 0 aliphatic rings. The molecule has 0 bridgehead atoms. The number of benzene rings is 4. The predicted molar refractivity (Wildman–Crippen MR) is 123 cm³/mol. The molecular formula is C27H21N3. The molecule has 4 rings (SSSR count). The van der Waals surface area contributed by atoms with Gasteiger partial charge in [-0.1, -0.05) is 103 Å². The van der Waals surface area contributed by atoms with Gasteiger partial charge in [-0.3, -0.25) is 0 Å². The predicted octanol–water partition coefficient (Wildman–Crippen LogP) is 6.40. The van der Waals surface area contributed by atoms with E-state index < -0.39 is 0 Å². The van der Waals surface area contributed by atoms with Crippen molar-refractivity contribution in [3.05, 3.63) is 126 Å². The summed E-state index contributed by atoms with van der Waals surface area (Å²) in [5.41, 5.74) is 6.72. The van der Waals surface area contributed by atoms with Crippen molar-refractivity contribution in [1.82, 2.24) is 0 Å². The zero-order valence-electron chi connectivity index (χ0n) is 16.7. The lowest BCUT2D eigenvalue weighted by Gasteiger charge is -2.16. The summed E-state index contributed by atoms with van der Waals surface area (Å²) in [5, 5.41) is 16.0. The Balaban J connectivity index is 1.90. The topological polar surface area (TPSA) is 39.4 Å². The molecule has 4 aromatic rings. The number of nitrogens with zero attached hydrogens (tertiary/aromatic N) is 3. The van der Waals surface area contributed by atoms with Gasteiger partial charge >= 0.3 is 0 Å². The Hall–Kier alpha value is -4.16. The van der Waals surface area contributed by atoms with Crippen molar-refractivity contribution in [3.8, 4) is 17.3 Å². The highest BCUT2D eigenvalue weighted by Gasteiger charge is 2.15. The van der Waals surface area contributed by atoms with E-state index in [1.165, 1.54) is 5.01 Å². The maximum Gasteiger partial charge on any atom is 0.206 e. The van der Waals surface area contributed by atoms with E-state index in [9.17, 15) is 5.26 Å². The van der Waals surface area contributed by atoms with Crippen molar-refractivity contribution >= 4 is 11.4 Å². The number of hydrogen-bond acceptors (Lipinski definition) is 3. The first-order chi connectivity index (χ1) is 14.8. The second kappa shape index (κ2) is 8.89. The normalized spacial score (nSPS) is 11.0. The first-order valence-electron chi connectivity index (χ1n) is 9.81. The molecule has 3 heteroatoms. The van der Waals surface area contributed by atoms with Gasteiger partial charge in [-0.25, -0.2) is 0 Å². The molecule has 0 amide bonds. The molecule has 0 saturated carbocycles. The van der Waals surface area contributed by atoms with Gasteiger partial charge in [0.25, 0.3) is 0 Å². The summed E-state index contributed by atoms with van der Waals surface area (Å²) in [4.78, 5) is 0. The van der Waals surface area contributed by atoms with Crippen LogP contribution < -0.4 is 5.01 Å². The van der Waals surface area contributed by atoms with Crippen LogP contribution >= 0.6 is 0 Å². The van der Waals surface area contributed by atoms with Gasteiger partial charge in [-0.2, -0.15) is 15.4 Å². The fourth-order valence-electron chi connectivity index (χ4n) is 3.35. The Morgan fingerprint density at radius 2 is 1.33 bits per heavy atom. The molecular weight excluding hydrogens is 366 g/mol. The molecule has 0 aromatic heterocycles. The maximum atomic E-state index is 9.85. The van der Waals surface area contributed by atoms with Crippen LogP contribution in [0.15, 0.2) is 114 Å². The quantitative estimate of drug-likeness (QED) is 0.172. The summed E-state index contributed by atoms with van der Waals surface area (Å²) in [7, 11) is 0. The average Bonchev–Trinajstić information content (AvgIpc) is 2.82. The van der Waals surface area contributed by atoms with Crippen LogP contribution in [0.4, 0.5) is 5.69 Å². The largest absolute Gasteiger partial charge is 0.206 e. The van der Waals surface area contributed by atoms with Gasteiger partial charge < -0.3 is 0 Å². The minimum absolute atomic E-state index is 0.730. The lowest BCUT2D eigenvalue weighted by molar-refractivity contribution is 1.08. The third-order valence-corrected chi connectivity index (χ3v) is 4.89. The van der Waals surface area contributed by atoms with Gasteiger partial charge in [0.15, 0.2) is 0 Å². The van der Waals surface area contributed by atoms with E-state index in [0.717, 1.165) is 39.2 Å². The zero-order chi connectivity index (χ0) is 20.8. The number of anilines is 1. The Morgan fingerprint density at radius 1 is 0.733 bits per heavy atom. The van der Waals surface area contributed by atoms with E-state index in [-0.39, 0.29) is 0 Å². The van der Waals surface area contributed by atoms with Gasteiger partial charge in [0.1, 0.15) is 0 Å². The lowest BCUT2D eigenvalue weighted by Crippen LogP contribution is -2.15. The molecule has 3 nitrogen and oxygen atoms in total. The first kappa shape index (κ1) is 19.2. The van der Waals surface area contributed by atoms with Crippen molar-refractivity contribution in [1.29, 1.82) is 5.26 Å². The molecule has 144 valence electrons. The molecule has 30 heavy (non-hydrogen) atoms. The average molecular weight is 387 g/mol. The number of rotatable bonds is 5. The molecule has 0 heterocycles. The van der Waals surface area contributed by atoms with E-state index in [1.54, 1.807) is 0 Å². The van der Waals surface area contributed by atoms with E-state index in [4.69, 9.17) is 5.10 Å². The standard InChI is InChI=1S/C27H21N3/c1-21-16-18-24(19-17-21)30(20-28)29-27(23-12-6-3-7-13-23)26-15-9-8-14-25(26)22-10-4-2-5-11-22/h2-19H,1H3. The van der Waals surface area contributed by atoms with E-state index >= 15 is 0 Å². The van der Waals surface area contributed by atoms with Gasteiger partial charge in [0.05, 0.1) is 11.4 Å². The van der Waals surface area contributed by atoms with Gasteiger partial charge in [0.2, 0.25) is 6.19 Å². The van der Waals surface area contributed by atoms with E-state index in [2.05, 4.69) is 30.5 Å². The van der Waals surface area contributed by atoms with E-state index in [0.29, 0.717) is 0 Å². The van der Waals surface area contributed by atoms with Crippen LogP contribution in [-0.2, 0) is 0 Å². The van der Waals surface area contributed by atoms with Crippen LogP contribution in [0.5, 0.6) is 0 Å². The summed E-state index contributed by atoms with van der Waals surface area (Å²) in [6.07, 6.45) is 2.21. The zero-order valence-corrected chi connectivity index (χ0v) is 16.7. The van der Waals surface area contributed by atoms with Crippen LogP contribution in [0.25, 0.3) is 11.1 Å². The minimum atomic E-state index is 0.730. The Kier molecular flexibility index (Phi) is 5.68. The summed E-state index contributed by atoms with van der Waals surface area (Å²) in [5.74, 6) is 0. The van der Waals surface area contributed by atoms with Crippen molar-refractivity contribution < 1.29 is 0 Å². The van der Waals surface area contributed by atoms with Crippen LogP contribution in [-0.4, -0.2) is 5.71 Å². The van der Waals surface area contributed by atoms with Crippen molar-refractivity contribution in [3.63, 3.8) is 0 Å². The lowest BCUT2D eigenvalue weighted by atomic mass is 9.93. The number of hydrazone groups is 1.